The predicted molar refractivity (Wildman–Crippen MR) is 188 cm³/mol. The molecule has 1 saturated heterocycles. The van der Waals surface area contributed by atoms with Crippen molar-refractivity contribution in [1.29, 1.82) is 0 Å². The van der Waals surface area contributed by atoms with E-state index in [1.54, 1.807) is 18.2 Å². The van der Waals surface area contributed by atoms with Crippen LogP contribution in [0.4, 0.5) is 0 Å². The number of ether oxygens (including phenoxy) is 3. The summed E-state index contributed by atoms with van der Waals surface area (Å²) >= 11 is 6.17. The van der Waals surface area contributed by atoms with E-state index in [1.165, 1.54) is 17.7 Å². The van der Waals surface area contributed by atoms with Gasteiger partial charge in [0.1, 0.15) is 0 Å². The van der Waals surface area contributed by atoms with Gasteiger partial charge in [0, 0.05) is 12.4 Å². The molecule has 1 saturated carbocycles. The van der Waals surface area contributed by atoms with Gasteiger partial charge in [-0.25, -0.2) is 13.0 Å². The Morgan fingerprint density at radius 2 is 1.72 bits per heavy atom. The van der Waals surface area contributed by atoms with Crippen LogP contribution in [-0.4, -0.2) is 80.9 Å². The highest BCUT2D eigenvalue weighted by atomic mass is 35.5. The van der Waals surface area contributed by atoms with Crippen LogP contribution in [0.25, 0.3) is 0 Å². The molecule has 4 rings (SSSR count). The summed E-state index contributed by atoms with van der Waals surface area (Å²) in [6.07, 6.45) is 6.84. The highest BCUT2D eigenvalue weighted by Crippen LogP contribution is 2.49. The number of carbonyl (C=O) groups is 2. The maximum atomic E-state index is 12.7. The first kappa shape index (κ1) is 38.9. The number of halogens is 1. The first-order chi connectivity index (χ1) is 24.0. The van der Waals surface area contributed by atoms with Crippen LogP contribution in [0.5, 0.6) is 5.88 Å². The Kier molecular flexibility index (Phi) is 14.3. The zero-order valence-corrected chi connectivity index (χ0v) is 30.2. The third kappa shape index (κ3) is 10.5. The summed E-state index contributed by atoms with van der Waals surface area (Å²) in [4.78, 5) is 26.8. The summed E-state index contributed by atoms with van der Waals surface area (Å²) in [6, 6.07) is 7.67. The van der Waals surface area contributed by atoms with Crippen molar-refractivity contribution >= 4 is 33.4 Å². The number of likely N-dealkylation sites (tertiary alicyclic amines) is 1. The largest absolute Gasteiger partial charge is 0.465 e. The van der Waals surface area contributed by atoms with Crippen molar-refractivity contribution in [3.8, 4) is 17.7 Å². The van der Waals surface area contributed by atoms with Crippen LogP contribution in [0, 0.1) is 35.0 Å². The summed E-state index contributed by atoms with van der Waals surface area (Å²) in [5.74, 6) is 5.30. The lowest BCUT2D eigenvalue weighted by Gasteiger charge is -2.45. The molecule has 0 radical (unpaired) electrons. The minimum Gasteiger partial charge on any atom is -0.465 e. The zero-order valence-electron chi connectivity index (χ0n) is 28.6. The van der Waals surface area contributed by atoms with Crippen LogP contribution >= 0.6 is 11.6 Å². The Morgan fingerprint density at radius 3 is 2.40 bits per heavy atom. The quantitative estimate of drug-likeness (QED) is 0.0895. The van der Waals surface area contributed by atoms with Gasteiger partial charge in [0.05, 0.1) is 24.3 Å². The molecule has 2 heterocycles. The van der Waals surface area contributed by atoms with Crippen molar-refractivity contribution in [2.45, 2.75) is 61.8 Å². The predicted octanol–water partition coefficient (Wildman–Crippen LogP) is 5.82. The summed E-state index contributed by atoms with van der Waals surface area (Å²) in [7, 11) is -3.99. The molecule has 0 bridgehead atoms. The molecule has 50 heavy (non-hydrogen) atoms. The van der Waals surface area contributed by atoms with E-state index in [4.69, 9.17) is 25.8 Å². The van der Waals surface area contributed by atoms with E-state index in [-0.39, 0.29) is 48.2 Å². The monoisotopic (exact) mass is 727 g/mol. The van der Waals surface area contributed by atoms with Crippen molar-refractivity contribution in [2.75, 3.05) is 45.3 Å². The number of piperidine rings is 1. The van der Waals surface area contributed by atoms with Crippen molar-refractivity contribution in [3.63, 3.8) is 0 Å². The highest BCUT2D eigenvalue weighted by Gasteiger charge is 2.40. The first-order valence-corrected chi connectivity index (χ1v) is 18.8. The van der Waals surface area contributed by atoms with Crippen LogP contribution < -0.4 is 4.74 Å². The minimum atomic E-state index is -3.99. The highest BCUT2D eigenvalue weighted by molar-refractivity contribution is 7.91. The van der Waals surface area contributed by atoms with E-state index < -0.39 is 26.8 Å². The molecule has 2 aromatic rings. The number of aromatic nitrogens is 2. The Bertz CT molecular complexity index is 1670. The van der Waals surface area contributed by atoms with Gasteiger partial charge in [-0.05, 0) is 90.8 Å². The lowest BCUT2D eigenvalue weighted by atomic mass is 9.61. The van der Waals surface area contributed by atoms with E-state index in [1.807, 2.05) is 0 Å². The molecule has 1 aromatic heterocycles. The van der Waals surface area contributed by atoms with Crippen LogP contribution in [0.1, 0.15) is 51.9 Å². The van der Waals surface area contributed by atoms with Gasteiger partial charge in [-0.2, -0.15) is 0 Å². The average molecular weight is 728 g/mol. The summed E-state index contributed by atoms with van der Waals surface area (Å²) in [5.41, 5.74) is 2.36. The van der Waals surface area contributed by atoms with Gasteiger partial charge >= 0.3 is 11.9 Å². The van der Waals surface area contributed by atoms with Crippen LogP contribution in [0.15, 0.2) is 81.8 Å². The molecule has 0 unspecified atom stereocenters. The molecule has 1 aromatic carbocycles. The number of benzene rings is 1. The maximum Gasteiger partial charge on any atom is 0.307 e. The average Bonchev–Trinajstić information content (AvgIpc) is 3.61. The summed E-state index contributed by atoms with van der Waals surface area (Å²) in [6.45, 7) is 17.6. The molecular formula is C37H46ClN3O8S. The second-order valence-electron chi connectivity index (χ2n) is 13.1. The van der Waals surface area contributed by atoms with Crippen LogP contribution in [-0.2, 0) is 28.9 Å². The molecule has 1 aliphatic heterocycles. The van der Waals surface area contributed by atoms with Crippen molar-refractivity contribution in [1.82, 2.24) is 15.2 Å². The number of hydrogen-bond donors (Lipinski definition) is 0. The number of nitrogens with zero attached hydrogens (tertiary/aromatic N) is 3. The summed E-state index contributed by atoms with van der Waals surface area (Å²) in [5, 5.41) is 6.47. The van der Waals surface area contributed by atoms with E-state index in [2.05, 4.69) is 64.4 Å². The molecule has 13 heteroatoms. The van der Waals surface area contributed by atoms with Crippen LogP contribution in [0.3, 0.4) is 0 Å². The lowest BCUT2D eigenvalue weighted by molar-refractivity contribution is -0.150. The van der Waals surface area contributed by atoms with E-state index >= 15 is 0 Å². The fourth-order valence-electron chi connectivity index (χ4n) is 6.42. The number of esters is 2. The van der Waals surface area contributed by atoms with Gasteiger partial charge in [-0.3, -0.25) is 14.5 Å². The standard InChI is InChI=1S/C37H46ClN3O8S/c1-5-37(4)18-15-30(23-32(37)27(2)24-38)28(3)25-41-19-16-29(17-20-41)26-48-34(43)14-13-33(42)46-21-9-10-22-47-35-36(40-49-39-35)50(44,45)31-11-7-6-8-12-31/h5-8,11-12,29-30,32H,1-3,13-26H2,4H3/t30-,32+,37-/m1/s1. The number of carbonyl (C=O) groups excluding carboxylic acids is 2. The number of allylic oxidation sites excluding steroid dienone is 2. The van der Waals surface area contributed by atoms with Crippen molar-refractivity contribution in [2.24, 2.45) is 23.2 Å². The molecule has 0 spiro atoms. The number of sulfone groups is 1. The molecule has 3 atom stereocenters. The molecule has 2 aliphatic rings. The van der Waals surface area contributed by atoms with Gasteiger partial charge in [-0.1, -0.05) is 67.3 Å². The SMILES string of the molecule is C=C[C@]1(C)CC[C@@H](C(=C)CN2CCC(COC(=O)CCC(=O)OCC#CCOc3nonc3S(=O)(=O)c3ccccc3)CC2)C[C@H]1C(=C)CCl. The van der Waals surface area contributed by atoms with Gasteiger partial charge in [0.2, 0.25) is 9.84 Å². The molecular weight excluding hydrogens is 682 g/mol. The van der Waals surface area contributed by atoms with Gasteiger partial charge in [0.15, 0.2) is 13.2 Å². The molecule has 270 valence electrons. The van der Waals surface area contributed by atoms with Gasteiger partial charge in [-0.15, -0.1) is 18.2 Å². The smallest absolute Gasteiger partial charge is 0.307 e. The Balaban J connectivity index is 1.07. The zero-order chi connectivity index (χ0) is 36.1. The number of rotatable bonds is 16. The van der Waals surface area contributed by atoms with Crippen LogP contribution in [0.2, 0.25) is 0 Å². The maximum absolute atomic E-state index is 12.7. The second kappa shape index (κ2) is 18.4. The number of alkyl halides is 1. The molecule has 0 amide bonds. The Labute approximate surface area is 299 Å². The van der Waals surface area contributed by atoms with Gasteiger partial charge < -0.3 is 14.2 Å². The Hall–Kier alpha value is -3.92. The molecule has 11 nitrogen and oxygen atoms in total. The first-order valence-electron chi connectivity index (χ1n) is 16.8. The fourth-order valence-corrected chi connectivity index (χ4v) is 7.80. The van der Waals surface area contributed by atoms with E-state index in [0.717, 1.165) is 57.3 Å². The summed E-state index contributed by atoms with van der Waals surface area (Å²) < 4.78 is 45.8. The number of hydrogen-bond acceptors (Lipinski definition) is 11. The minimum absolute atomic E-state index is 0.0117. The lowest BCUT2D eigenvalue weighted by Crippen LogP contribution is -2.39. The molecule has 0 N–H and O–H groups in total. The van der Waals surface area contributed by atoms with E-state index in [0.29, 0.717) is 24.3 Å². The second-order valence-corrected chi connectivity index (χ2v) is 15.2. The van der Waals surface area contributed by atoms with Gasteiger partial charge in [0.25, 0.3) is 10.9 Å². The normalized spacial score (nSPS) is 21.3. The topological polar surface area (TPSA) is 138 Å². The molecule has 2 fully saturated rings. The Morgan fingerprint density at radius 1 is 1.04 bits per heavy atom. The fraction of sp³-hybridized carbons (Fsp3) is 0.514. The molecule has 1 aliphatic carbocycles. The van der Waals surface area contributed by atoms with Crippen molar-refractivity contribution in [3.05, 3.63) is 67.3 Å². The van der Waals surface area contributed by atoms with Crippen molar-refractivity contribution < 1.29 is 36.8 Å². The van der Waals surface area contributed by atoms with E-state index in [9.17, 15) is 18.0 Å². The third-order valence-corrected chi connectivity index (χ3v) is 11.6. The third-order valence-electron chi connectivity index (χ3n) is 9.65.